The van der Waals surface area contributed by atoms with E-state index in [1.165, 1.54) is 24.8 Å². The number of rotatable bonds is 10. The zero-order valence-electron chi connectivity index (χ0n) is 16.9. The van der Waals surface area contributed by atoms with Gasteiger partial charge in [0.15, 0.2) is 0 Å². The van der Waals surface area contributed by atoms with E-state index < -0.39 is 0 Å². The molecule has 2 fully saturated rings. The third kappa shape index (κ3) is 3.81. The van der Waals surface area contributed by atoms with Gasteiger partial charge in [-0.05, 0) is 58.3 Å². The first kappa shape index (κ1) is 20.0. The van der Waals surface area contributed by atoms with E-state index in [-0.39, 0.29) is 11.1 Å². The summed E-state index contributed by atoms with van der Waals surface area (Å²) >= 11 is 0. The normalized spacial score (nSPS) is 27.9. The lowest BCUT2D eigenvalue weighted by molar-refractivity contribution is -0.148. The standard InChI is InChI=1S/C22H33N3O2/c1-23(2)22(20-10-5-4-6-11-20)15-21(16-22,17-24(3)12-13-26)25(18-27)14-19-8-7-9-19/h4-6,10-11,13,18-19H,7-9,12,14-17H2,1-3H3/t21-,22+. The zero-order chi connectivity index (χ0) is 19.5. The SMILES string of the molecule is CN(CC=O)C[C@]1(N(C=O)CC2CCC2)C[C@@](c2ccccc2)(N(C)C)C1. The van der Waals surface area contributed by atoms with Crippen molar-refractivity contribution in [1.29, 1.82) is 0 Å². The molecule has 3 rings (SSSR count). The average Bonchev–Trinajstić information content (AvgIpc) is 2.58. The Kier molecular flexibility index (Phi) is 6.02. The first-order chi connectivity index (χ1) is 13.0. The van der Waals surface area contributed by atoms with Gasteiger partial charge in [0.1, 0.15) is 6.29 Å². The number of carbonyl (C=O) groups is 2. The molecule has 0 aliphatic heterocycles. The molecule has 1 aromatic carbocycles. The topological polar surface area (TPSA) is 43.9 Å². The van der Waals surface area contributed by atoms with Gasteiger partial charge in [-0.3, -0.25) is 14.6 Å². The van der Waals surface area contributed by atoms with Gasteiger partial charge >= 0.3 is 0 Å². The van der Waals surface area contributed by atoms with Crippen molar-refractivity contribution in [3.05, 3.63) is 35.9 Å². The van der Waals surface area contributed by atoms with E-state index in [0.29, 0.717) is 12.5 Å². The molecule has 5 heteroatoms. The summed E-state index contributed by atoms with van der Waals surface area (Å²) in [5, 5.41) is 0. The van der Waals surface area contributed by atoms with Crippen molar-refractivity contribution in [3.8, 4) is 0 Å². The molecule has 2 aliphatic carbocycles. The van der Waals surface area contributed by atoms with Crippen LogP contribution in [0.15, 0.2) is 30.3 Å². The fourth-order valence-electron chi connectivity index (χ4n) is 4.97. The Balaban J connectivity index is 1.87. The van der Waals surface area contributed by atoms with Gasteiger partial charge in [0.2, 0.25) is 6.41 Å². The highest BCUT2D eigenvalue weighted by Crippen LogP contribution is 2.54. The summed E-state index contributed by atoms with van der Waals surface area (Å²) in [5.74, 6) is 0.634. The molecule has 0 spiro atoms. The molecule has 5 nitrogen and oxygen atoms in total. The number of benzene rings is 1. The molecule has 2 aliphatic rings. The van der Waals surface area contributed by atoms with E-state index >= 15 is 0 Å². The Morgan fingerprint density at radius 2 is 1.74 bits per heavy atom. The zero-order valence-corrected chi connectivity index (χ0v) is 16.9. The molecule has 0 atom stereocenters. The molecule has 0 N–H and O–H groups in total. The fraction of sp³-hybridized carbons (Fsp3) is 0.636. The molecule has 0 radical (unpaired) electrons. The highest BCUT2D eigenvalue weighted by Gasteiger charge is 2.59. The lowest BCUT2D eigenvalue weighted by Gasteiger charge is -2.63. The van der Waals surface area contributed by atoms with Crippen LogP contribution in [-0.4, -0.2) is 73.7 Å². The quantitative estimate of drug-likeness (QED) is 0.592. The summed E-state index contributed by atoms with van der Waals surface area (Å²) in [5.41, 5.74) is 1.03. The van der Waals surface area contributed by atoms with Crippen LogP contribution >= 0.6 is 0 Å². The van der Waals surface area contributed by atoms with Crippen LogP contribution in [0.2, 0.25) is 0 Å². The monoisotopic (exact) mass is 371 g/mol. The highest BCUT2D eigenvalue weighted by atomic mass is 16.1. The Labute approximate surface area is 163 Å². The maximum atomic E-state index is 12.1. The molecule has 0 saturated heterocycles. The van der Waals surface area contributed by atoms with Crippen LogP contribution in [0, 0.1) is 5.92 Å². The molecule has 1 aromatic rings. The van der Waals surface area contributed by atoms with E-state index in [1.54, 1.807) is 0 Å². The Bertz CT molecular complexity index is 636. The molecular formula is C22H33N3O2. The third-order valence-corrected chi connectivity index (χ3v) is 6.78. The number of hydrogen-bond donors (Lipinski definition) is 0. The minimum Gasteiger partial charge on any atom is -0.338 e. The Morgan fingerprint density at radius 3 is 2.22 bits per heavy atom. The summed E-state index contributed by atoms with van der Waals surface area (Å²) in [6.45, 7) is 1.98. The van der Waals surface area contributed by atoms with Crippen molar-refractivity contribution < 1.29 is 9.59 Å². The van der Waals surface area contributed by atoms with Crippen LogP contribution in [-0.2, 0) is 15.1 Å². The number of carbonyl (C=O) groups excluding carboxylic acids is 2. The van der Waals surface area contributed by atoms with Gasteiger partial charge in [0.05, 0.1) is 17.6 Å². The van der Waals surface area contributed by atoms with Crippen LogP contribution < -0.4 is 0 Å². The maximum absolute atomic E-state index is 12.1. The first-order valence-electron chi connectivity index (χ1n) is 10.0. The molecule has 0 heterocycles. The van der Waals surface area contributed by atoms with E-state index in [1.807, 2.05) is 13.1 Å². The van der Waals surface area contributed by atoms with Crippen LogP contribution in [0.5, 0.6) is 0 Å². The Hall–Kier alpha value is -1.72. The minimum atomic E-state index is -0.213. The number of aldehydes is 1. The maximum Gasteiger partial charge on any atom is 0.210 e. The van der Waals surface area contributed by atoms with Crippen molar-refractivity contribution in [2.75, 3.05) is 40.8 Å². The second-order valence-corrected chi connectivity index (χ2v) is 8.79. The predicted octanol–water partition coefficient (Wildman–Crippen LogP) is 2.37. The van der Waals surface area contributed by atoms with Gasteiger partial charge in [-0.1, -0.05) is 36.8 Å². The summed E-state index contributed by atoms with van der Waals surface area (Å²) in [6.07, 6.45) is 7.51. The number of amides is 1. The Morgan fingerprint density at radius 1 is 1.07 bits per heavy atom. The molecule has 1 amide bonds. The van der Waals surface area contributed by atoms with E-state index in [2.05, 4.69) is 53.1 Å². The molecule has 2 saturated carbocycles. The molecular weight excluding hydrogens is 338 g/mol. The largest absolute Gasteiger partial charge is 0.338 e. The second-order valence-electron chi connectivity index (χ2n) is 8.79. The van der Waals surface area contributed by atoms with Gasteiger partial charge in [0.25, 0.3) is 0 Å². The van der Waals surface area contributed by atoms with E-state index in [9.17, 15) is 9.59 Å². The lowest BCUT2D eigenvalue weighted by Crippen LogP contribution is -2.71. The summed E-state index contributed by atoms with van der Waals surface area (Å²) in [7, 11) is 6.23. The summed E-state index contributed by atoms with van der Waals surface area (Å²) < 4.78 is 0. The van der Waals surface area contributed by atoms with Gasteiger partial charge in [0, 0.05) is 13.1 Å². The highest BCUT2D eigenvalue weighted by molar-refractivity contribution is 5.53. The third-order valence-electron chi connectivity index (χ3n) is 6.78. The first-order valence-corrected chi connectivity index (χ1v) is 10.0. The van der Waals surface area contributed by atoms with Crippen molar-refractivity contribution in [2.24, 2.45) is 5.92 Å². The van der Waals surface area contributed by atoms with Crippen LogP contribution in [0.1, 0.15) is 37.7 Å². The number of hydrogen-bond acceptors (Lipinski definition) is 4. The van der Waals surface area contributed by atoms with E-state index in [4.69, 9.17) is 0 Å². The minimum absolute atomic E-state index is 0.0653. The van der Waals surface area contributed by atoms with Crippen molar-refractivity contribution in [1.82, 2.24) is 14.7 Å². The van der Waals surface area contributed by atoms with Crippen molar-refractivity contribution in [2.45, 2.75) is 43.2 Å². The second kappa shape index (κ2) is 8.11. The summed E-state index contributed by atoms with van der Waals surface area (Å²) in [6, 6.07) is 10.6. The number of nitrogens with zero attached hydrogens (tertiary/aromatic N) is 3. The molecule has 0 unspecified atom stereocenters. The molecule has 27 heavy (non-hydrogen) atoms. The number of likely N-dealkylation sites (N-methyl/N-ethyl adjacent to an activating group) is 1. The van der Waals surface area contributed by atoms with E-state index in [0.717, 1.165) is 38.6 Å². The van der Waals surface area contributed by atoms with Crippen LogP contribution in [0.4, 0.5) is 0 Å². The lowest BCUT2D eigenvalue weighted by atomic mass is 9.57. The van der Waals surface area contributed by atoms with Gasteiger partial charge < -0.3 is 9.69 Å². The van der Waals surface area contributed by atoms with Gasteiger partial charge in [-0.25, -0.2) is 0 Å². The van der Waals surface area contributed by atoms with Gasteiger partial charge in [-0.15, -0.1) is 0 Å². The summed E-state index contributed by atoms with van der Waals surface area (Å²) in [4.78, 5) is 29.5. The average molecular weight is 372 g/mol. The predicted molar refractivity (Wildman–Crippen MR) is 107 cm³/mol. The molecule has 0 bridgehead atoms. The van der Waals surface area contributed by atoms with Crippen molar-refractivity contribution in [3.63, 3.8) is 0 Å². The van der Waals surface area contributed by atoms with Gasteiger partial charge in [-0.2, -0.15) is 0 Å². The van der Waals surface area contributed by atoms with Crippen LogP contribution in [0.3, 0.4) is 0 Å². The van der Waals surface area contributed by atoms with Crippen LogP contribution in [0.25, 0.3) is 0 Å². The molecule has 148 valence electrons. The smallest absolute Gasteiger partial charge is 0.210 e. The van der Waals surface area contributed by atoms with Crippen molar-refractivity contribution >= 4 is 12.7 Å². The fourth-order valence-corrected chi connectivity index (χ4v) is 4.97. The molecule has 0 aromatic heterocycles.